The molecule has 11 aromatic rings. The lowest BCUT2D eigenvalue weighted by Gasteiger charge is -2.28. The van der Waals surface area contributed by atoms with Gasteiger partial charge in [-0.25, -0.2) is 0 Å². The highest BCUT2D eigenvalue weighted by molar-refractivity contribution is 6.20. The first-order valence-corrected chi connectivity index (χ1v) is 18.0. The Morgan fingerprint density at radius 1 is 0.340 bits per heavy atom. The third-order valence-electron chi connectivity index (χ3n) is 10.6. The molecule has 3 nitrogen and oxygen atoms in total. The van der Waals surface area contributed by atoms with E-state index in [0.29, 0.717) is 0 Å². The molecule has 0 saturated carbocycles. The third kappa shape index (κ3) is 4.68. The minimum atomic E-state index is 0.862. The van der Waals surface area contributed by atoms with Gasteiger partial charge in [-0.2, -0.15) is 0 Å². The molecule has 0 spiro atoms. The molecule has 3 heteroatoms. The molecule has 0 N–H and O–H groups in total. The molecule has 0 aliphatic rings. The second-order valence-electron chi connectivity index (χ2n) is 13.7. The maximum Gasteiger partial charge on any atom is 0.145 e. The highest BCUT2D eigenvalue weighted by Gasteiger charge is 2.24. The molecule has 0 radical (unpaired) electrons. The average Bonchev–Trinajstić information content (AvgIpc) is 3.80. The van der Waals surface area contributed by atoms with Crippen LogP contribution in [0.25, 0.3) is 87.7 Å². The summed E-state index contributed by atoms with van der Waals surface area (Å²) in [6.45, 7) is 0. The van der Waals surface area contributed by atoms with Gasteiger partial charge >= 0.3 is 0 Å². The van der Waals surface area contributed by atoms with Crippen molar-refractivity contribution in [2.24, 2.45) is 0 Å². The van der Waals surface area contributed by atoms with E-state index in [4.69, 9.17) is 8.83 Å². The van der Waals surface area contributed by atoms with Crippen LogP contribution in [0.15, 0.2) is 197 Å². The number of hydrogen-bond donors (Lipinski definition) is 0. The van der Waals surface area contributed by atoms with Crippen LogP contribution in [0.5, 0.6) is 0 Å². The largest absolute Gasteiger partial charge is 0.456 e. The van der Waals surface area contributed by atoms with Crippen LogP contribution in [0, 0.1) is 0 Å². The summed E-state index contributed by atoms with van der Waals surface area (Å²) in [7, 11) is 0. The van der Waals surface area contributed by atoms with Crippen molar-refractivity contribution in [3.8, 4) is 22.3 Å². The minimum Gasteiger partial charge on any atom is -0.456 e. The fourth-order valence-electron chi connectivity index (χ4n) is 8.20. The van der Waals surface area contributed by atoms with Gasteiger partial charge in [0.25, 0.3) is 0 Å². The Hall–Kier alpha value is -7.10. The van der Waals surface area contributed by atoms with Gasteiger partial charge < -0.3 is 13.7 Å². The molecule has 0 amide bonds. The number of anilines is 3. The lowest BCUT2D eigenvalue weighted by atomic mass is 9.95. The number of rotatable bonds is 5. The van der Waals surface area contributed by atoms with Crippen molar-refractivity contribution in [1.82, 2.24) is 0 Å². The van der Waals surface area contributed by atoms with Crippen molar-refractivity contribution in [1.29, 1.82) is 0 Å². The van der Waals surface area contributed by atoms with Crippen LogP contribution >= 0.6 is 0 Å². The molecule has 0 aliphatic heterocycles. The van der Waals surface area contributed by atoms with E-state index >= 15 is 0 Å². The Labute approximate surface area is 305 Å². The highest BCUT2D eigenvalue weighted by atomic mass is 16.3. The molecule has 2 aromatic heterocycles. The molecule has 11 rings (SSSR count). The van der Waals surface area contributed by atoms with E-state index in [-0.39, 0.29) is 0 Å². The molecule has 0 aliphatic carbocycles. The number of furan rings is 2. The average molecular weight is 678 g/mol. The van der Waals surface area contributed by atoms with E-state index < -0.39 is 0 Å². The number of para-hydroxylation sites is 3. The van der Waals surface area contributed by atoms with E-state index in [9.17, 15) is 0 Å². The summed E-state index contributed by atoms with van der Waals surface area (Å²) >= 11 is 0. The zero-order valence-corrected chi connectivity index (χ0v) is 28.7. The van der Waals surface area contributed by atoms with Gasteiger partial charge in [-0.3, -0.25) is 0 Å². The molecular weight excluding hydrogens is 647 g/mol. The van der Waals surface area contributed by atoms with Crippen molar-refractivity contribution < 1.29 is 8.83 Å². The van der Waals surface area contributed by atoms with Crippen LogP contribution in [0.4, 0.5) is 17.1 Å². The quantitative estimate of drug-likeness (QED) is 0.170. The molecule has 2 heterocycles. The number of fused-ring (bicyclic) bond motifs is 9. The van der Waals surface area contributed by atoms with Crippen molar-refractivity contribution in [3.05, 3.63) is 188 Å². The van der Waals surface area contributed by atoms with Crippen LogP contribution in [0.1, 0.15) is 0 Å². The van der Waals surface area contributed by atoms with Gasteiger partial charge in [0.05, 0.1) is 16.8 Å². The fraction of sp³-hybridized carbons (Fsp3) is 0. The third-order valence-corrected chi connectivity index (χ3v) is 10.6. The first-order chi connectivity index (χ1) is 26.3. The van der Waals surface area contributed by atoms with Crippen LogP contribution < -0.4 is 4.90 Å². The lowest BCUT2D eigenvalue weighted by Crippen LogP contribution is -2.11. The SMILES string of the molecule is c1ccc(N(c2cc3ccccc3c3ccccc23)c2ccc(-c3cccc(-c4ccc5oc6ccccc6c5c4)c3)c3oc4ccccc4c23)cc1. The summed E-state index contributed by atoms with van der Waals surface area (Å²) in [5.41, 5.74) is 11.2. The Morgan fingerprint density at radius 2 is 0.981 bits per heavy atom. The van der Waals surface area contributed by atoms with Gasteiger partial charge in [0.1, 0.15) is 22.3 Å². The van der Waals surface area contributed by atoms with Gasteiger partial charge in [-0.05, 0) is 93.5 Å². The van der Waals surface area contributed by atoms with E-state index in [1.54, 1.807) is 0 Å². The van der Waals surface area contributed by atoms with Gasteiger partial charge in [-0.15, -0.1) is 0 Å². The Kier molecular flexibility index (Phi) is 6.55. The fourth-order valence-corrected chi connectivity index (χ4v) is 8.20. The molecule has 248 valence electrons. The molecule has 53 heavy (non-hydrogen) atoms. The topological polar surface area (TPSA) is 29.5 Å². The Bertz CT molecular complexity index is 3190. The van der Waals surface area contributed by atoms with Gasteiger partial charge in [0, 0.05) is 32.8 Å². The highest BCUT2D eigenvalue weighted by Crippen LogP contribution is 2.48. The van der Waals surface area contributed by atoms with E-state index in [1.165, 1.54) is 21.5 Å². The normalized spacial score (nSPS) is 11.8. The summed E-state index contributed by atoms with van der Waals surface area (Å²) < 4.78 is 13.0. The van der Waals surface area contributed by atoms with Crippen LogP contribution in [0.2, 0.25) is 0 Å². The van der Waals surface area contributed by atoms with Crippen LogP contribution in [-0.4, -0.2) is 0 Å². The monoisotopic (exact) mass is 677 g/mol. The summed E-state index contributed by atoms with van der Waals surface area (Å²) in [6, 6.07) is 66.8. The molecule has 0 saturated heterocycles. The first-order valence-electron chi connectivity index (χ1n) is 18.0. The maximum atomic E-state index is 6.86. The molecular formula is C50H31NO2. The number of benzene rings is 9. The van der Waals surface area contributed by atoms with Crippen molar-refractivity contribution in [2.45, 2.75) is 0 Å². The molecule has 9 aromatic carbocycles. The lowest BCUT2D eigenvalue weighted by molar-refractivity contribution is 0.669. The van der Waals surface area contributed by atoms with Gasteiger partial charge in [0.15, 0.2) is 0 Å². The maximum absolute atomic E-state index is 6.86. The number of hydrogen-bond acceptors (Lipinski definition) is 3. The standard InChI is InChI=1S/C50H31NO2/c1-2-16-36(17-3-1)51(45-31-35-13-4-5-18-37(35)39-19-6-7-20-40(39)45)44-27-26-38(50-49(44)42-22-9-11-24-47(42)53-50)34-15-12-14-32(29-34)33-25-28-48-43(30-33)41-21-8-10-23-46(41)52-48/h1-31H. The van der Waals surface area contributed by atoms with Gasteiger partial charge in [-0.1, -0.05) is 127 Å². The van der Waals surface area contributed by atoms with Crippen molar-refractivity contribution >= 4 is 82.5 Å². The molecule has 0 atom stereocenters. The van der Waals surface area contributed by atoms with E-state index in [0.717, 1.165) is 83.2 Å². The minimum absolute atomic E-state index is 0.862. The molecule has 0 unspecified atom stereocenters. The first kappa shape index (κ1) is 29.6. The zero-order valence-electron chi connectivity index (χ0n) is 28.7. The Morgan fingerprint density at radius 3 is 1.83 bits per heavy atom. The predicted molar refractivity (Wildman–Crippen MR) is 222 cm³/mol. The molecule has 0 fully saturated rings. The number of nitrogens with zero attached hydrogens (tertiary/aromatic N) is 1. The summed E-state index contributed by atoms with van der Waals surface area (Å²) in [5, 5.41) is 9.27. The van der Waals surface area contributed by atoms with E-state index in [1.807, 2.05) is 18.2 Å². The second kappa shape index (κ2) is 11.7. The van der Waals surface area contributed by atoms with Crippen molar-refractivity contribution in [2.75, 3.05) is 4.90 Å². The van der Waals surface area contributed by atoms with Gasteiger partial charge in [0.2, 0.25) is 0 Å². The summed E-state index contributed by atoms with van der Waals surface area (Å²) in [4.78, 5) is 2.41. The van der Waals surface area contributed by atoms with Crippen LogP contribution in [0.3, 0.4) is 0 Å². The summed E-state index contributed by atoms with van der Waals surface area (Å²) in [5.74, 6) is 0. The second-order valence-corrected chi connectivity index (χ2v) is 13.7. The zero-order chi connectivity index (χ0) is 34.9. The Balaban J connectivity index is 1.15. The predicted octanol–water partition coefficient (Wildman–Crippen LogP) is 14.6. The van der Waals surface area contributed by atoms with E-state index in [2.05, 4.69) is 175 Å². The summed E-state index contributed by atoms with van der Waals surface area (Å²) in [6.07, 6.45) is 0. The smallest absolute Gasteiger partial charge is 0.145 e. The molecule has 0 bridgehead atoms. The van der Waals surface area contributed by atoms with Crippen molar-refractivity contribution in [3.63, 3.8) is 0 Å². The van der Waals surface area contributed by atoms with Crippen LogP contribution in [-0.2, 0) is 0 Å².